The lowest BCUT2D eigenvalue weighted by atomic mass is 9.74. The molecule has 0 aliphatic carbocycles. The van der Waals surface area contributed by atoms with Gasteiger partial charge < -0.3 is 20.8 Å². The van der Waals surface area contributed by atoms with Crippen molar-refractivity contribution in [3.8, 4) is 0 Å². The number of nitrogens with zero attached hydrogens (tertiary/aromatic N) is 1. The summed E-state index contributed by atoms with van der Waals surface area (Å²) in [5.74, 6) is -0.0916. The second-order valence-corrected chi connectivity index (χ2v) is 5.38. The molecule has 9 nitrogen and oxygen atoms in total. The Kier molecular flexibility index (Phi) is 8.30. The summed E-state index contributed by atoms with van der Waals surface area (Å²) in [6.45, 7) is 7.00. The maximum Gasteiger partial charge on any atom is 0.543 e. The summed E-state index contributed by atoms with van der Waals surface area (Å²) >= 11 is 0. The maximum absolute atomic E-state index is 12.2. The van der Waals surface area contributed by atoms with Crippen molar-refractivity contribution in [2.75, 3.05) is 0 Å². The topological polar surface area (TPSA) is 133 Å². The Morgan fingerprint density at radius 2 is 1.57 bits per heavy atom. The van der Waals surface area contributed by atoms with Crippen molar-refractivity contribution >= 4 is 31.7 Å². The van der Waals surface area contributed by atoms with Gasteiger partial charge in [0.15, 0.2) is 0 Å². The zero-order valence-electron chi connectivity index (χ0n) is 13.8. The van der Waals surface area contributed by atoms with Gasteiger partial charge in [0.25, 0.3) is 7.41 Å². The lowest BCUT2D eigenvalue weighted by Crippen LogP contribution is -2.70. The monoisotopic (exact) mass is 329 g/mol. The predicted octanol–water partition coefficient (Wildman–Crippen LogP) is 2.60. The molecule has 1 radical (unpaired) electrons. The number of quaternary nitrogens is 1. The van der Waals surface area contributed by atoms with E-state index >= 15 is 0 Å². The minimum Gasteiger partial charge on any atom is -0.434 e. The summed E-state index contributed by atoms with van der Waals surface area (Å²) < 4.78 is -2.40. The number of carbonyl (C=O) groups is 4. The van der Waals surface area contributed by atoms with Crippen LogP contribution in [0.25, 0.3) is 0 Å². The Morgan fingerprint density at radius 1 is 1.04 bits per heavy atom. The van der Waals surface area contributed by atoms with Crippen LogP contribution in [-0.2, 0) is 0 Å². The number of urea groups is 2. The van der Waals surface area contributed by atoms with Crippen molar-refractivity contribution in [2.45, 2.75) is 58.8 Å². The average molecular weight is 329 g/mol. The summed E-state index contributed by atoms with van der Waals surface area (Å²) in [6.07, 6.45) is -2.18. The molecule has 6 amide bonds. The molecule has 0 aromatic heterocycles. The van der Waals surface area contributed by atoms with E-state index in [0.717, 1.165) is 12.8 Å². The quantitative estimate of drug-likeness (QED) is 0.437. The average Bonchev–Trinajstić information content (AvgIpc) is 2.45. The van der Waals surface area contributed by atoms with Crippen LogP contribution in [0.2, 0.25) is 5.82 Å². The van der Waals surface area contributed by atoms with Gasteiger partial charge in [-0.25, -0.2) is 9.59 Å². The number of amides is 6. The molecular weight excluding hydrogens is 305 g/mol. The Morgan fingerprint density at radius 3 is 1.96 bits per heavy atom. The summed E-state index contributed by atoms with van der Waals surface area (Å²) in [6, 6.07) is -3.35. The van der Waals surface area contributed by atoms with Crippen LogP contribution >= 0.6 is 0 Å². The first-order valence-electron chi connectivity index (χ1n) is 7.45. The van der Waals surface area contributed by atoms with Gasteiger partial charge >= 0.3 is 24.2 Å². The molecule has 129 valence electrons. The first-order chi connectivity index (χ1) is 10.6. The summed E-state index contributed by atoms with van der Waals surface area (Å²) in [5, 5.41) is 22.8. The van der Waals surface area contributed by atoms with E-state index in [1.807, 2.05) is 6.92 Å². The fraction of sp³-hybridized carbons (Fsp3) is 0.692. The van der Waals surface area contributed by atoms with Crippen LogP contribution in [0.5, 0.6) is 0 Å². The van der Waals surface area contributed by atoms with Gasteiger partial charge in [-0.15, -0.1) is 0 Å². The second kappa shape index (κ2) is 9.14. The van der Waals surface area contributed by atoms with Crippen molar-refractivity contribution in [1.29, 1.82) is 0 Å². The van der Waals surface area contributed by atoms with Gasteiger partial charge in [-0.3, -0.25) is 0 Å². The Hall–Kier alpha value is -2.10. The largest absolute Gasteiger partial charge is 0.543 e. The first-order valence-corrected chi connectivity index (χ1v) is 7.45. The SMILES string of the molecule is CCCC(C)[B]NC(=O)[N+](C(=O)O)(C(=O)O)C(=O)NC(C)CC. The smallest absolute Gasteiger partial charge is 0.434 e. The van der Waals surface area contributed by atoms with E-state index in [1.54, 1.807) is 20.8 Å². The fourth-order valence-electron chi connectivity index (χ4n) is 1.78. The normalized spacial score (nSPS) is 13.6. The van der Waals surface area contributed by atoms with Gasteiger partial charge in [0, 0.05) is 10.5 Å². The Labute approximate surface area is 135 Å². The highest BCUT2D eigenvalue weighted by molar-refractivity contribution is 6.39. The van der Waals surface area contributed by atoms with Crippen molar-refractivity contribution in [3.63, 3.8) is 0 Å². The number of rotatable bonds is 6. The minimum atomic E-state index is -2.40. The van der Waals surface area contributed by atoms with E-state index in [2.05, 4.69) is 10.5 Å². The van der Waals surface area contributed by atoms with Crippen LogP contribution in [0.3, 0.4) is 0 Å². The molecule has 4 N–H and O–H groups in total. The van der Waals surface area contributed by atoms with Crippen molar-refractivity contribution in [1.82, 2.24) is 10.5 Å². The minimum absolute atomic E-state index is 0.0916. The Bertz CT molecular complexity index is 457. The first kappa shape index (κ1) is 20.9. The van der Waals surface area contributed by atoms with Gasteiger partial charge in [0.1, 0.15) is 0 Å². The van der Waals surface area contributed by atoms with Gasteiger partial charge in [0.2, 0.25) is 0 Å². The highest BCUT2D eigenvalue weighted by Crippen LogP contribution is 2.14. The van der Waals surface area contributed by atoms with Crippen molar-refractivity contribution in [3.05, 3.63) is 0 Å². The summed E-state index contributed by atoms with van der Waals surface area (Å²) in [4.78, 5) is 47.2. The van der Waals surface area contributed by atoms with Gasteiger partial charge in [-0.1, -0.05) is 33.6 Å². The molecule has 0 spiro atoms. The molecule has 0 fully saturated rings. The van der Waals surface area contributed by atoms with Gasteiger partial charge in [-0.05, 0) is 19.2 Å². The van der Waals surface area contributed by atoms with E-state index in [4.69, 9.17) is 0 Å². The molecule has 23 heavy (non-hydrogen) atoms. The molecule has 0 bridgehead atoms. The van der Waals surface area contributed by atoms with Gasteiger partial charge in [0.05, 0.1) is 0 Å². The zero-order chi connectivity index (χ0) is 18.2. The lowest BCUT2D eigenvalue weighted by molar-refractivity contribution is -0.613. The van der Waals surface area contributed by atoms with Crippen LogP contribution in [-0.4, -0.2) is 52.4 Å². The van der Waals surface area contributed by atoms with E-state index in [9.17, 15) is 29.4 Å². The number of nitrogens with one attached hydrogen (secondary N) is 2. The second-order valence-electron chi connectivity index (χ2n) is 5.38. The van der Waals surface area contributed by atoms with Crippen molar-refractivity contribution < 1.29 is 33.9 Å². The molecule has 0 aliphatic rings. The number of imide groups is 6. The predicted molar refractivity (Wildman–Crippen MR) is 83.2 cm³/mol. The Balaban J connectivity index is 5.43. The van der Waals surface area contributed by atoms with Crippen molar-refractivity contribution in [2.24, 2.45) is 0 Å². The third-order valence-corrected chi connectivity index (χ3v) is 3.40. The van der Waals surface area contributed by atoms with E-state index < -0.39 is 34.8 Å². The van der Waals surface area contributed by atoms with Crippen LogP contribution in [0.1, 0.15) is 47.0 Å². The highest BCUT2D eigenvalue weighted by Gasteiger charge is 2.61. The zero-order valence-corrected chi connectivity index (χ0v) is 13.8. The molecule has 0 rings (SSSR count). The maximum atomic E-state index is 12.2. The third-order valence-electron chi connectivity index (χ3n) is 3.40. The number of hydrogen-bond donors (Lipinski definition) is 4. The molecule has 10 heteroatoms. The molecule has 0 aliphatic heterocycles. The molecule has 0 aromatic rings. The van der Waals surface area contributed by atoms with E-state index in [-0.39, 0.29) is 5.82 Å². The van der Waals surface area contributed by atoms with Crippen LogP contribution < -0.4 is 10.5 Å². The molecule has 2 unspecified atom stereocenters. The molecule has 0 heterocycles. The third kappa shape index (κ3) is 4.95. The summed E-state index contributed by atoms with van der Waals surface area (Å²) in [7, 11) is 1.29. The van der Waals surface area contributed by atoms with Crippen LogP contribution in [0.15, 0.2) is 0 Å². The number of carboxylic acid groups (broad SMARTS) is 2. The molecule has 0 saturated heterocycles. The number of hydrogen-bond acceptors (Lipinski definition) is 4. The van der Waals surface area contributed by atoms with Gasteiger partial charge in [-0.2, -0.15) is 9.59 Å². The number of carbonyl (C=O) groups excluding carboxylic acids is 2. The fourth-order valence-corrected chi connectivity index (χ4v) is 1.78. The standard InChI is InChI=1S/C13H23BN3O6/c1-5-7-8(3)14-16-11(19)17(12(20)21,13(22)23)10(18)15-9(4)6-2/h8-9H,5-7H2,1-4H3,(H3-,15,16,18,19,20,21,22,23)/p+1. The summed E-state index contributed by atoms with van der Waals surface area (Å²) in [5.41, 5.74) is 0. The van der Waals surface area contributed by atoms with Crippen LogP contribution in [0.4, 0.5) is 19.2 Å². The highest BCUT2D eigenvalue weighted by atomic mass is 16.5. The molecule has 2 atom stereocenters. The van der Waals surface area contributed by atoms with Crippen LogP contribution in [0, 0.1) is 0 Å². The molecule has 0 aromatic carbocycles. The lowest BCUT2D eigenvalue weighted by Gasteiger charge is -2.23. The molecule has 0 saturated carbocycles. The molecular formula is C13H24BN3O6+. The van der Waals surface area contributed by atoms with E-state index in [1.165, 1.54) is 7.41 Å². The van der Waals surface area contributed by atoms with E-state index in [0.29, 0.717) is 6.42 Å².